The number of anilines is 1. The van der Waals surface area contributed by atoms with Gasteiger partial charge in [0.05, 0.1) is 18.9 Å². The lowest BCUT2D eigenvalue weighted by Gasteiger charge is -2.28. The Labute approximate surface area is 171 Å². The van der Waals surface area contributed by atoms with Gasteiger partial charge in [-0.2, -0.15) is 0 Å². The largest absolute Gasteiger partial charge is 0.494 e. The normalized spacial score (nSPS) is 13.6. The number of nitrogens with two attached hydrogens (primary N) is 1. The van der Waals surface area contributed by atoms with Gasteiger partial charge in [-0.05, 0) is 43.5 Å². The number of hydrogen-bond acceptors (Lipinski definition) is 4. The Kier molecular flexibility index (Phi) is 6.94. The van der Waals surface area contributed by atoms with Crippen LogP contribution in [0.5, 0.6) is 11.5 Å². The molecule has 2 aromatic carbocycles. The topological polar surface area (TPSA) is 89.2 Å². The summed E-state index contributed by atoms with van der Waals surface area (Å²) < 4.78 is 11.2. The molecular formula is C22H28N4O3. The first kappa shape index (κ1) is 20.5. The summed E-state index contributed by atoms with van der Waals surface area (Å²) in [6.45, 7) is 6.22. The number of rotatable bonds is 7. The zero-order valence-corrected chi connectivity index (χ0v) is 17.0. The molecule has 2 aromatic rings. The van der Waals surface area contributed by atoms with Gasteiger partial charge in [0.25, 0.3) is 0 Å². The molecule has 0 atom stereocenters. The summed E-state index contributed by atoms with van der Waals surface area (Å²) >= 11 is 0. The predicted molar refractivity (Wildman–Crippen MR) is 114 cm³/mol. The fourth-order valence-corrected chi connectivity index (χ4v) is 3.28. The predicted octanol–water partition coefficient (Wildman–Crippen LogP) is 2.80. The maximum absolute atomic E-state index is 12.6. The fraction of sp³-hybridized carbons (Fsp3) is 0.364. The number of aliphatic imine (C=N–C) groups is 1. The highest BCUT2D eigenvalue weighted by molar-refractivity contribution is 5.95. The van der Waals surface area contributed by atoms with E-state index in [-0.39, 0.29) is 18.4 Å². The summed E-state index contributed by atoms with van der Waals surface area (Å²) in [6.07, 6.45) is 0.862. The average molecular weight is 396 g/mol. The zero-order chi connectivity index (χ0) is 20.6. The van der Waals surface area contributed by atoms with E-state index in [1.165, 1.54) is 11.1 Å². The first-order valence-corrected chi connectivity index (χ1v) is 9.91. The maximum Gasteiger partial charge on any atom is 0.244 e. The van der Waals surface area contributed by atoms with Gasteiger partial charge >= 0.3 is 0 Å². The van der Waals surface area contributed by atoms with Crippen molar-refractivity contribution in [3.8, 4) is 11.5 Å². The van der Waals surface area contributed by atoms with Crippen LogP contribution in [0.2, 0.25) is 0 Å². The van der Waals surface area contributed by atoms with E-state index < -0.39 is 0 Å². The van der Waals surface area contributed by atoms with Crippen molar-refractivity contribution in [2.75, 3.05) is 31.6 Å². The number of carbonyl (C=O) groups excluding carboxylic acids is 1. The number of carbonyl (C=O) groups is 1. The van der Waals surface area contributed by atoms with Crippen LogP contribution in [0.1, 0.15) is 25.0 Å². The fourth-order valence-electron chi connectivity index (χ4n) is 3.28. The average Bonchev–Trinajstić information content (AvgIpc) is 2.74. The number of guanidine groups is 1. The van der Waals surface area contributed by atoms with Crippen LogP contribution in [0.4, 0.5) is 5.69 Å². The van der Waals surface area contributed by atoms with Gasteiger partial charge in [0, 0.05) is 19.2 Å². The summed E-state index contributed by atoms with van der Waals surface area (Å²) in [6, 6.07) is 13.7. The molecule has 0 unspecified atom stereocenters. The molecule has 29 heavy (non-hydrogen) atoms. The Bertz CT molecular complexity index is 882. The van der Waals surface area contributed by atoms with Crippen LogP contribution in [0.15, 0.2) is 47.5 Å². The van der Waals surface area contributed by atoms with E-state index in [9.17, 15) is 4.79 Å². The van der Waals surface area contributed by atoms with Crippen LogP contribution in [0, 0.1) is 0 Å². The third-order valence-electron chi connectivity index (χ3n) is 4.69. The molecule has 0 spiro atoms. The molecule has 0 aliphatic carbocycles. The molecule has 154 valence electrons. The Morgan fingerprint density at radius 2 is 1.90 bits per heavy atom. The van der Waals surface area contributed by atoms with Gasteiger partial charge in [-0.25, -0.2) is 4.99 Å². The van der Waals surface area contributed by atoms with Crippen LogP contribution in [-0.2, 0) is 17.8 Å². The summed E-state index contributed by atoms with van der Waals surface area (Å²) in [5, 5.41) is 3.02. The van der Waals surface area contributed by atoms with Crippen LogP contribution in [0.25, 0.3) is 0 Å². The van der Waals surface area contributed by atoms with Crippen molar-refractivity contribution in [3.05, 3.63) is 53.6 Å². The molecule has 7 nitrogen and oxygen atoms in total. The molecule has 0 bridgehead atoms. The minimum Gasteiger partial charge on any atom is -0.494 e. The maximum atomic E-state index is 12.6. The Morgan fingerprint density at radius 1 is 1.14 bits per heavy atom. The third-order valence-corrected chi connectivity index (χ3v) is 4.69. The van der Waals surface area contributed by atoms with Crippen molar-refractivity contribution in [2.45, 2.75) is 26.8 Å². The Balaban J connectivity index is 1.63. The van der Waals surface area contributed by atoms with Gasteiger partial charge in [0.15, 0.2) is 5.96 Å². The number of ether oxygens (including phenoxy) is 2. The quantitative estimate of drug-likeness (QED) is 0.555. The number of hydrogen-bond donors (Lipinski definition) is 2. The molecule has 7 heteroatoms. The molecule has 1 heterocycles. The second kappa shape index (κ2) is 9.82. The summed E-state index contributed by atoms with van der Waals surface area (Å²) in [5.74, 6) is 1.46. The molecule has 0 aromatic heterocycles. The second-order valence-electron chi connectivity index (χ2n) is 6.68. The van der Waals surface area contributed by atoms with Gasteiger partial charge in [0.2, 0.25) is 5.91 Å². The molecule has 1 aliphatic rings. The van der Waals surface area contributed by atoms with Gasteiger partial charge in [-0.15, -0.1) is 0 Å². The van der Waals surface area contributed by atoms with E-state index in [4.69, 9.17) is 15.2 Å². The van der Waals surface area contributed by atoms with E-state index >= 15 is 0 Å². The summed E-state index contributed by atoms with van der Waals surface area (Å²) in [7, 11) is 0. The van der Waals surface area contributed by atoms with Crippen LogP contribution in [-0.4, -0.2) is 43.1 Å². The van der Waals surface area contributed by atoms with Gasteiger partial charge in [0.1, 0.15) is 18.0 Å². The standard InChI is InChI=1S/C22H28N4O3/c1-3-28-18-9-10-20(29-4-2)19(13-18)25-22(23)24-14-21(27)26-12-11-16-7-5-6-8-17(16)15-26/h5-10,13H,3-4,11-12,14-15H2,1-2H3,(H3,23,24,25). The molecule has 1 amide bonds. The van der Waals surface area contributed by atoms with E-state index in [1.807, 2.05) is 43.0 Å². The SMILES string of the molecule is CCOc1ccc(OCC)c(NC(N)=NCC(=O)N2CCc3ccccc3C2)c1. The molecule has 0 radical (unpaired) electrons. The lowest BCUT2D eigenvalue weighted by atomic mass is 10.00. The number of fused-ring (bicyclic) bond motifs is 1. The molecule has 0 saturated heterocycles. The van der Waals surface area contributed by atoms with Crippen molar-refractivity contribution >= 4 is 17.6 Å². The molecule has 3 rings (SSSR count). The number of benzene rings is 2. The van der Waals surface area contributed by atoms with Gasteiger partial charge < -0.3 is 25.4 Å². The highest BCUT2D eigenvalue weighted by Crippen LogP contribution is 2.29. The lowest BCUT2D eigenvalue weighted by Crippen LogP contribution is -2.38. The lowest BCUT2D eigenvalue weighted by molar-refractivity contribution is -0.130. The molecule has 1 aliphatic heterocycles. The van der Waals surface area contributed by atoms with Crippen LogP contribution >= 0.6 is 0 Å². The zero-order valence-electron chi connectivity index (χ0n) is 17.0. The van der Waals surface area contributed by atoms with E-state index in [2.05, 4.69) is 22.4 Å². The highest BCUT2D eigenvalue weighted by Gasteiger charge is 2.20. The Hall–Kier alpha value is -3.22. The second-order valence-corrected chi connectivity index (χ2v) is 6.68. The smallest absolute Gasteiger partial charge is 0.244 e. The summed E-state index contributed by atoms with van der Waals surface area (Å²) in [5.41, 5.74) is 9.17. The molecule has 3 N–H and O–H groups in total. The minimum atomic E-state index is -0.0441. The van der Waals surface area contributed by atoms with Crippen molar-refractivity contribution in [1.29, 1.82) is 0 Å². The van der Waals surface area contributed by atoms with Gasteiger partial charge in [-0.3, -0.25) is 4.79 Å². The van der Waals surface area contributed by atoms with Crippen molar-refractivity contribution in [2.24, 2.45) is 10.7 Å². The number of amides is 1. The number of nitrogens with one attached hydrogen (secondary N) is 1. The molecule has 0 fully saturated rings. The van der Waals surface area contributed by atoms with Gasteiger partial charge in [-0.1, -0.05) is 24.3 Å². The van der Waals surface area contributed by atoms with Crippen LogP contribution < -0.4 is 20.5 Å². The van der Waals surface area contributed by atoms with Crippen molar-refractivity contribution in [1.82, 2.24) is 4.90 Å². The molecule has 0 saturated carbocycles. The van der Waals surface area contributed by atoms with Crippen LogP contribution in [0.3, 0.4) is 0 Å². The highest BCUT2D eigenvalue weighted by atomic mass is 16.5. The number of nitrogens with zero attached hydrogens (tertiary/aromatic N) is 2. The summed E-state index contributed by atoms with van der Waals surface area (Å²) in [4.78, 5) is 18.6. The molecular weight excluding hydrogens is 368 g/mol. The minimum absolute atomic E-state index is 0.00385. The monoisotopic (exact) mass is 396 g/mol. The van der Waals surface area contributed by atoms with Crippen molar-refractivity contribution < 1.29 is 14.3 Å². The third kappa shape index (κ3) is 5.40. The first-order valence-electron chi connectivity index (χ1n) is 9.91. The van der Waals surface area contributed by atoms with E-state index in [0.29, 0.717) is 43.5 Å². The van der Waals surface area contributed by atoms with Crippen molar-refractivity contribution in [3.63, 3.8) is 0 Å². The van der Waals surface area contributed by atoms with E-state index in [1.54, 1.807) is 6.07 Å². The van der Waals surface area contributed by atoms with E-state index in [0.717, 1.165) is 6.42 Å². The first-order chi connectivity index (χ1) is 14.1. The Morgan fingerprint density at radius 3 is 2.66 bits per heavy atom.